The number of benzene rings is 2. The molecule has 3 N–H and O–H groups in total. The molecule has 0 aromatic heterocycles. The molecule has 1 aliphatic rings. The van der Waals surface area contributed by atoms with Crippen molar-refractivity contribution >= 4 is 17.5 Å². The lowest BCUT2D eigenvalue weighted by Gasteiger charge is -2.24. The fourth-order valence-corrected chi connectivity index (χ4v) is 3.53. The van der Waals surface area contributed by atoms with Gasteiger partial charge in [-0.15, -0.1) is 0 Å². The number of hydrogen-bond acceptors (Lipinski definition) is 4. The van der Waals surface area contributed by atoms with E-state index in [9.17, 15) is 14.7 Å². The van der Waals surface area contributed by atoms with Gasteiger partial charge >= 0.3 is 0 Å². The van der Waals surface area contributed by atoms with Crippen LogP contribution in [0.2, 0.25) is 0 Å². The Morgan fingerprint density at radius 3 is 2.79 bits per heavy atom. The largest absolute Gasteiger partial charge is 0.394 e. The molecule has 1 atom stereocenters. The Kier molecular flexibility index (Phi) is 6.66. The minimum Gasteiger partial charge on any atom is -0.394 e. The molecule has 1 saturated heterocycles. The Morgan fingerprint density at radius 2 is 2.00 bits per heavy atom. The van der Waals surface area contributed by atoms with Crippen LogP contribution in [-0.2, 0) is 11.3 Å². The van der Waals surface area contributed by atoms with Gasteiger partial charge in [-0.3, -0.25) is 9.59 Å². The van der Waals surface area contributed by atoms with E-state index in [1.54, 1.807) is 23.1 Å². The number of carbonyl (C=O) groups excluding carboxylic acids is 2. The van der Waals surface area contributed by atoms with Gasteiger partial charge in [0.25, 0.3) is 5.91 Å². The highest BCUT2D eigenvalue weighted by molar-refractivity contribution is 6.00. The number of amides is 2. The van der Waals surface area contributed by atoms with Crippen molar-refractivity contribution in [3.63, 3.8) is 0 Å². The molecule has 6 nitrogen and oxygen atoms in total. The third-order valence-electron chi connectivity index (χ3n) is 5.02. The molecule has 2 aromatic rings. The van der Waals surface area contributed by atoms with Crippen LogP contribution in [0.15, 0.2) is 48.5 Å². The van der Waals surface area contributed by atoms with Crippen LogP contribution < -0.4 is 10.6 Å². The van der Waals surface area contributed by atoms with Crippen molar-refractivity contribution in [2.75, 3.05) is 25.0 Å². The van der Waals surface area contributed by atoms with E-state index in [-0.39, 0.29) is 31.0 Å². The van der Waals surface area contributed by atoms with Gasteiger partial charge in [0.1, 0.15) is 0 Å². The van der Waals surface area contributed by atoms with Gasteiger partial charge in [0.05, 0.1) is 24.8 Å². The Labute approximate surface area is 165 Å². The summed E-state index contributed by atoms with van der Waals surface area (Å²) in [5, 5.41) is 15.4. The molecular formula is C22H27N3O3. The van der Waals surface area contributed by atoms with Gasteiger partial charge in [0.2, 0.25) is 5.91 Å². The molecule has 28 heavy (non-hydrogen) atoms. The third-order valence-corrected chi connectivity index (χ3v) is 5.02. The van der Waals surface area contributed by atoms with E-state index in [4.69, 9.17) is 0 Å². The molecule has 0 saturated carbocycles. The minimum absolute atomic E-state index is 0.0251. The zero-order chi connectivity index (χ0) is 19.9. The van der Waals surface area contributed by atoms with Crippen LogP contribution in [-0.4, -0.2) is 47.6 Å². The van der Waals surface area contributed by atoms with Crippen LogP contribution in [0.5, 0.6) is 0 Å². The van der Waals surface area contributed by atoms with Gasteiger partial charge in [-0.1, -0.05) is 42.0 Å². The summed E-state index contributed by atoms with van der Waals surface area (Å²) >= 11 is 0. The van der Waals surface area contributed by atoms with Crippen molar-refractivity contribution in [1.82, 2.24) is 10.2 Å². The van der Waals surface area contributed by atoms with E-state index in [1.165, 1.54) is 0 Å². The molecule has 148 valence electrons. The SMILES string of the molecule is Cc1cccc(CNC(=O)CNc2ccccc2C(=O)N2CCCC2CO)c1. The fourth-order valence-electron chi connectivity index (χ4n) is 3.53. The Balaban J connectivity index is 1.58. The number of likely N-dealkylation sites (tertiary alicyclic amines) is 1. The molecule has 0 radical (unpaired) electrons. The summed E-state index contributed by atoms with van der Waals surface area (Å²) < 4.78 is 0. The van der Waals surface area contributed by atoms with Crippen molar-refractivity contribution in [1.29, 1.82) is 0 Å². The summed E-state index contributed by atoms with van der Waals surface area (Å²) in [4.78, 5) is 26.8. The lowest BCUT2D eigenvalue weighted by atomic mass is 10.1. The predicted molar refractivity (Wildman–Crippen MR) is 109 cm³/mol. The molecule has 1 heterocycles. The van der Waals surface area contributed by atoms with Crippen molar-refractivity contribution in [3.8, 4) is 0 Å². The second-order valence-corrected chi connectivity index (χ2v) is 7.14. The predicted octanol–water partition coefficient (Wildman–Crippen LogP) is 2.32. The summed E-state index contributed by atoms with van der Waals surface area (Å²) in [5.41, 5.74) is 3.35. The smallest absolute Gasteiger partial charge is 0.256 e. The second kappa shape index (κ2) is 9.37. The summed E-state index contributed by atoms with van der Waals surface area (Å²) in [7, 11) is 0. The average Bonchev–Trinajstić information content (AvgIpc) is 3.19. The minimum atomic E-state index is -0.141. The van der Waals surface area contributed by atoms with Crippen molar-refractivity contribution < 1.29 is 14.7 Å². The topological polar surface area (TPSA) is 81.7 Å². The molecule has 2 amide bonds. The van der Waals surface area contributed by atoms with Crippen LogP contribution in [0.25, 0.3) is 0 Å². The number of aryl methyl sites for hydroxylation is 1. The van der Waals surface area contributed by atoms with Gasteiger partial charge in [-0.05, 0) is 37.5 Å². The first-order valence-electron chi connectivity index (χ1n) is 9.65. The monoisotopic (exact) mass is 381 g/mol. The maximum Gasteiger partial charge on any atom is 0.256 e. The highest BCUT2D eigenvalue weighted by Crippen LogP contribution is 2.23. The maximum atomic E-state index is 12.9. The number of aliphatic hydroxyl groups is 1. The zero-order valence-corrected chi connectivity index (χ0v) is 16.1. The summed E-state index contributed by atoms with van der Waals surface area (Å²) in [6.45, 7) is 3.19. The summed E-state index contributed by atoms with van der Waals surface area (Å²) in [6, 6.07) is 15.1. The molecule has 1 unspecified atom stereocenters. The van der Waals surface area contributed by atoms with Crippen LogP contribution in [0, 0.1) is 6.92 Å². The average molecular weight is 381 g/mol. The van der Waals surface area contributed by atoms with Gasteiger partial charge in [-0.25, -0.2) is 0 Å². The van der Waals surface area contributed by atoms with Gasteiger partial charge in [0, 0.05) is 18.8 Å². The quantitative estimate of drug-likeness (QED) is 0.688. The third kappa shape index (κ3) is 4.89. The zero-order valence-electron chi connectivity index (χ0n) is 16.1. The van der Waals surface area contributed by atoms with Gasteiger partial charge < -0.3 is 20.6 Å². The Bertz CT molecular complexity index is 837. The second-order valence-electron chi connectivity index (χ2n) is 7.14. The van der Waals surface area contributed by atoms with E-state index in [1.807, 2.05) is 37.3 Å². The highest BCUT2D eigenvalue weighted by Gasteiger charge is 2.29. The van der Waals surface area contributed by atoms with Crippen molar-refractivity contribution in [2.24, 2.45) is 0 Å². The fraction of sp³-hybridized carbons (Fsp3) is 0.364. The summed E-state index contributed by atoms with van der Waals surface area (Å²) in [6.07, 6.45) is 1.72. The highest BCUT2D eigenvalue weighted by atomic mass is 16.3. The normalized spacial score (nSPS) is 16.1. The van der Waals surface area contributed by atoms with E-state index in [0.717, 1.165) is 24.0 Å². The number of nitrogens with one attached hydrogen (secondary N) is 2. The molecule has 0 aliphatic carbocycles. The molecule has 2 aromatic carbocycles. The van der Waals surface area contributed by atoms with Crippen LogP contribution in [0.3, 0.4) is 0 Å². The standard InChI is InChI=1S/C22H27N3O3/c1-16-6-4-7-17(12-16)13-24-21(27)14-23-20-10-3-2-9-19(20)22(28)25-11-5-8-18(25)15-26/h2-4,6-7,9-10,12,18,23,26H,5,8,11,13-15H2,1H3,(H,24,27). The molecule has 1 fully saturated rings. The lowest BCUT2D eigenvalue weighted by Crippen LogP contribution is -2.38. The van der Waals surface area contributed by atoms with Gasteiger partial charge in [0.15, 0.2) is 0 Å². The van der Waals surface area contributed by atoms with E-state index in [0.29, 0.717) is 24.3 Å². The van der Waals surface area contributed by atoms with E-state index >= 15 is 0 Å². The number of para-hydroxylation sites is 1. The number of hydrogen-bond donors (Lipinski definition) is 3. The molecule has 3 rings (SSSR count). The Hall–Kier alpha value is -2.86. The molecule has 0 bridgehead atoms. The summed E-state index contributed by atoms with van der Waals surface area (Å²) in [5.74, 6) is -0.252. The van der Waals surface area contributed by atoms with Crippen LogP contribution in [0.4, 0.5) is 5.69 Å². The first-order chi connectivity index (χ1) is 13.6. The molecule has 0 spiro atoms. The molecule has 1 aliphatic heterocycles. The van der Waals surface area contributed by atoms with Gasteiger partial charge in [-0.2, -0.15) is 0 Å². The van der Waals surface area contributed by atoms with Crippen molar-refractivity contribution in [2.45, 2.75) is 32.4 Å². The van der Waals surface area contributed by atoms with Crippen molar-refractivity contribution in [3.05, 3.63) is 65.2 Å². The Morgan fingerprint density at radius 1 is 1.18 bits per heavy atom. The number of anilines is 1. The van der Waals surface area contributed by atoms with E-state index < -0.39 is 0 Å². The number of nitrogens with zero attached hydrogens (tertiary/aromatic N) is 1. The first-order valence-corrected chi connectivity index (χ1v) is 9.65. The molecule has 6 heteroatoms. The lowest BCUT2D eigenvalue weighted by molar-refractivity contribution is -0.119. The van der Waals surface area contributed by atoms with E-state index in [2.05, 4.69) is 10.6 Å². The maximum absolute atomic E-state index is 12.9. The first kappa shape index (κ1) is 19.9. The van der Waals surface area contributed by atoms with Crippen LogP contribution >= 0.6 is 0 Å². The van der Waals surface area contributed by atoms with Crippen LogP contribution in [0.1, 0.15) is 34.3 Å². The molecular weight excluding hydrogens is 354 g/mol. The number of carbonyl (C=O) groups is 2. The number of aliphatic hydroxyl groups excluding tert-OH is 1. The number of rotatable bonds is 7.